The van der Waals surface area contributed by atoms with Crippen LogP contribution in [-0.2, 0) is 11.3 Å². The van der Waals surface area contributed by atoms with E-state index < -0.39 is 0 Å². The molecule has 2 N–H and O–H groups in total. The van der Waals surface area contributed by atoms with E-state index in [1.807, 2.05) is 0 Å². The molecular weight excluding hydrogens is 278 g/mol. The van der Waals surface area contributed by atoms with E-state index >= 15 is 0 Å². The van der Waals surface area contributed by atoms with Crippen LogP contribution in [0.2, 0.25) is 0 Å². The van der Waals surface area contributed by atoms with Crippen LogP contribution in [0.1, 0.15) is 45.1 Å². The first-order valence-corrected chi connectivity index (χ1v) is 7.84. The summed E-state index contributed by atoms with van der Waals surface area (Å²) in [4.78, 5) is 11.9. The Balaban J connectivity index is 2.35. The molecule has 4 heteroatoms. The van der Waals surface area contributed by atoms with Crippen molar-refractivity contribution in [2.24, 2.45) is 5.92 Å². The summed E-state index contributed by atoms with van der Waals surface area (Å²) >= 11 is 0. The van der Waals surface area contributed by atoms with E-state index in [9.17, 15) is 9.90 Å². The van der Waals surface area contributed by atoms with Crippen molar-refractivity contribution in [1.29, 1.82) is 0 Å². The minimum absolute atomic E-state index is 0.0546. The van der Waals surface area contributed by atoms with Gasteiger partial charge < -0.3 is 15.2 Å². The number of phenols is 1. The molecule has 0 fully saturated rings. The van der Waals surface area contributed by atoms with Crippen molar-refractivity contribution in [2.75, 3.05) is 7.11 Å². The maximum atomic E-state index is 11.9. The first-order chi connectivity index (χ1) is 10.6. The van der Waals surface area contributed by atoms with E-state index in [1.165, 1.54) is 7.11 Å². The molecule has 1 amide bonds. The summed E-state index contributed by atoms with van der Waals surface area (Å²) in [5.41, 5.74) is 0.904. The molecule has 0 radical (unpaired) electrons. The van der Waals surface area contributed by atoms with Crippen molar-refractivity contribution in [3.8, 4) is 11.5 Å². The summed E-state index contributed by atoms with van der Waals surface area (Å²) in [5, 5.41) is 12.4. The van der Waals surface area contributed by atoms with Crippen LogP contribution in [0.15, 0.2) is 30.4 Å². The molecule has 0 spiro atoms. The fraction of sp³-hybridized carbons (Fsp3) is 0.500. The van der Waals surface area contributed by atoms with Crippen molar-refractivity contribution in [2.45, 2.75) is 46.1 Å². The van der Waals surface area contributed by atoms with Gasteiger partial charge in [0.15, 0.2) is 11.5 Å². The highest BCUT2D eigenvalue weighted by molar-refractivity contribution is 5.76. The lowest BCUT2D eigenvalue weighted by molar-refractivity contribution is -0.122. The molecule has 0 heterocycles. The third-order valence-electron chi connectivity index (χ3n) is 3.50. The second kappa shape index (κ2) is 9.87. The zero-order valence-corrected chi connectivity index (χ0v) is 13.8. The number of nitrogens with one attached hydrogen (secondary N) is 1. The molecule has 0 aliphatic heterocycles. The van der Waals surface area contributed by atoms with Gasteiger partial charge in [0.1, 0.15) is 0 Å². The molecule has 4 nitrogen and oxygen atoms in total. The normalized spacial score (nSPS) is 12.3. The van der Waals surface area contributed by atoms with Crippen LogP contribution in [0.3, 0.4) is 0 Å². The molecule has 0 saturated heterocycles. The minimum atomic E-state index is 0.0546. The van der Waals surface area contributed by atoms with Gasteiger partial charge in [0.25, 0.3) is 0 Å². The topological polar surface area (TPSA) is 58.6 Å². The van der Waals surface area contributed by atoms with Crippen LogP contribution in [-0.4, -0.2) is 18.1 Å². The molecule has 0 saturated carbocycles. The van der Waals surface area contributed by atoms with Gasteiger partial charge in [-0.25, -0.2) is 0 Å². The lowest BCUT2D eigenvalue weighted by Gasteiger charge is -2.11. The predicted molar refractivity (Wildman–Crippen MR) is 89.0 cm³/mol. The van der Waals surface area contributed by atoms with Crippen molar-refractivity contribution >= 4 is 5.91 Å². The first-order valence-electron chi connectivity index (χ1n) is 7.84. The fourth-order valence-corrected chi connectivity index (χ4v) is 2.19. The maximum absolute atomic E-state index is 11.9. The number of aromatic hydroxyl groups is 1. The fourth-order valence-electron chi connectivity index (χ4n) is 2.19. The molecule has 122 valence electrons. The van der Waals surface area contributed by atoms with Crippen LogP contribution in [0.4, 0.5) is 0 Å². The average Bonchev–Trinajstić information content (AvgIpc) is 2.50. The van der Waals surface area contributed by atoms with Crippen LogP contribution >= 0.6 is 0 Å². The number of allylic oxidation sites excluding steroid dienone is 2. The highest BCUT2D eigenvalue weighted by Crippen LogP contribution is 2.26. The highest BCUT2D eigenvalue weighted by atomic mass is 16.5. The van der Waals surface area contributed by atoms with E-state index in [-0.39, 0.29) is 11.7 Å². The Labute approximate surface area is 133 Å². The second-order valence-electron chi connectivity index (χ2n) is 5.55. The Morgan fingerprint density at radius 3 is 2.86 bits per heavy atom. The molecule has 0 aromatic heterocycles. The van der Waals surface area contributed by atoms with Crippen molar-refractivity contribution in [3.63, 3.8) is 0 Å². The summed E-state index contributed by atoms with van der Waals surface area (Å²) in [6.07, 6.45) is 7.98. The van der Waals surface area contributed by atoms with Gasteiger partial charge in [-0.2, -0.15) is 0 Å². The largest absolute Gasteiger partial charge is 0.504 e. The number of benzene rings is 1. The zero-order chi connectivity index (χ0) is 16.4. The monoisotopic (exact) mass is 305 g/mol. The Kier molecular flexibility index (Phi) is 8.11. The van der Waals surface area contributed by atoms with E-state index in [4.69, 9.17) is 4.74 Å². The SMILES string of the molecule is CCC=CCCC(C)CC(=O)NCc1ccc(O)c(OC)c1. The van der Waals surface area contributed by atoms with E-state index in [1.54, 1.807) is 18.2 Å². The molecule has 1 aromatic rings. The summed E-state index contributed by atoms with van der Waals surface area (Å²) in [6.45, 7) is 4.66. The molecular formula is C18H27NO3. The third kappa shape index (κ3) is 6.66. The van der Waals surface area contributed by atoms with Gasteiger partial charge in [0, 0.05) is 13.0 Å². The smallest absolute Gasteiger partial charge is 0.220 e. The molecule has 22 heavy (non-hydrogen) atoms. The van der Waals surface area contributed by atoms with Crippen LogP contribution in [0.25, 0.3) is 0 Å². The van der Waals surface area contributed by atoms with Gasteiger partial charge in [-0.15, -0.1) is 0 Å². The third-order valence-corrected chi connectivity index (χ3v) is 3.50. The number of phenolic OH excluding ortho intramolecular Hbond substituents is 1. The number of rotatable bonds is 9. The first kappa shape index (κ1) is 18.1. The van der Waals surface area contributed by atoms with Crippen LogP contribution < -0.4 is 10.1 Å². The number of amides is 1. The molecule has 0 aliphatic rings. The molecule has 1 aromatic carbocycles. The Morgan fingerprint density at radius 2 is 2.18 bits per heavy atom. The second-order valence-corrected chi connectivity index (χ2v) is 5.55. The van der Waals surface area contributed by atoms with Crippen LogP contribution in [0.5, 0.6) is 11.5 Å². The quantitative estimate of drug-likeness (QED) is 0.682. The van der Waals surface area contributed by atoms with Crippen LogP contribution in [0, 0.1) is 5.92 Å². The number of carbonyl (C=O) groups excluding carboxylic acids is 1. The van der Waals surface area contributed by atoms with Gasteiger partial charge in [-0.05, 0) is 42.9 Å². The lowest BCUT2D eigenvalue weighted by atomic mass is 10.0. The summed E-state index contributed by atoms with van der Waals surface area (Å²) in [5.74, 6) is 0.948. The predicted octanol–water partition coefficient (Wildman–Crippen LogP) is 3.79. The summed E-state index contributed by atoms with van der Waals surface area (Å²) in [6, 6.07) is 5.08. The lowest BCUT2D eigenvalue weighted by Crippen LogP contribution is -2.24. The summed E-state index contributed by atoms with van der Waals surface area (Å²) < 4.78 is 5.05. The molecule has 1 rings (SSSR count). The average molecular weight is 305 g/mol. The van der Waals surface area contributed by atoms with Crippen molar-refractivity contribution in [3.05, 3.63) is 35.9 Å². The molecule has 0 aliphatic carbocycles. The van der Waals surface area contributed by atoms with Crippen molar-refractivity contribution in [1.82, 2.24) is 5.32 Å². The highest BCUT2D eigenvalue weighted by Gasteiger charge is 2.09. The van der Waals surface area contributed by atoms with Gasteiger partial charge in [-0.1, -0.05) is 32.1 Å². The number of carbonyl (C=O) groups is 1. The van der Waals surface area contributed by atoms with E-state index in [0.717, 1.165) is 24.8 Å². The minimum Gasteiger partial charge on any atom is -0.504 e. The van der Waals surface area contributed by atoms with Gasteiger partial charge in [-0.3, -0.25) is 4.79 Å². The Hall–Kier alpha value is -1.97. The molecule has 0 bridgehead atoms. The van der Waals surface area contributed by atoms with Crippen molar-refractivity contribution < 1.29 is 14.6 Å². The molecule has 1 atom stereocenters. The van der Waals surface area contributed by atoms with E-state index in [2.05, 4.69) is 31.3 Å². The summed E-state index contributed by atoms with van der Waals surface area (Å²) in [7, 11) is 1.51. The standard InChI is InChI=1S/C18H27NO3/c1-4-5-6-7-8-14(2)11-18(21)19-13-15-9-10-16(20)17(12-15)22-3/h5-6,9-10,12,14,20H,4,7-8,11,13H2,1-3H3,(H,19,21). The van der Waals surface area contributed by atoms with Gasteiger partial charge in [0.2, 0.25) is 5.91 Å². The maximum Gasteiger partial charge on any atom is 0.220 e. The Morgan fingerprint density at radius 1 is 1.41 bits per heavy atom. The number of hydrogen-bond donors (Lipinski definition) is 2. The number of methoxy groups -OCH3 is 1. The molecule has 1 unspecified atom stereocenters. The van der Waals surface area contributed by atoms with Gasteiger partial charge >= 0.3 is 0 Å². The number of ether oxygens (including phenoxy) is 1. The van der Waals surface area contributed by atoms with Gasteiger partial charge in [0.05, 0.1) is 7.11 Å². The zero-order valence-electron chi connectivity index (χ0n) is 13.8. The Bertz CT molecular complexity index is 497. The number of hydrogen-bond acceptors (Lipinski definition) is 3. The van der Waals surface area contributed by atoms with E-state index in [0.29, 0.717) is 24.6 Å².